The molecule has 0 amide bonds. The molecule has 0 saturated heterocycles. The van der Waals surface area contributed by atoms with Gasteiger partial charge in [0.15, 0.2) is 17.1 Å². The number of para-hydroxylation sites is 1. The molecule has 0 bridgehead atoms. The fraction of sp³-hybridized carbons (Fsp3) is 0.143. The van der Waals surface area contributed by atoms with Crippen LogP contribution in [-0.4, -0.2) is 36.1 Å². The van der Waals surface area contributed by atoms with Crippen LogP contribution in [0, 0.1) is 0 Å². The molecule has 142 valence electrons. The van der Waals surface area contributed by atoms with Crippen molar-refractivity contribution in [2.75, 3.05) is 21.3 Å². The number of H-pyrrole nitrogens is 1. The summed E-state index contributed by atoms with van der Waals surface area (Å²) in [7, 11) is 4.69. The first-order valence-corrected chi connectivity index (χ1v) is 8.64. The third kappa shape index (κ3) is 2.87. The van der Waals surface area contributed by atoms with Gasteiger partial charge in [0.25, 0.3) is 5.56 Å². The second-order valence-corrected chi connectivity index (χ2v) is 6.09. The average molecular weight is 377 g/mol. The number of rotatable bonds is 5. The fourth-order valence-electron chi connectivity index (χ4n) is 3.14. The molecule has 4 aromatic rings. The first-order valence-electron chi connectivity index (χ1n) is 8.64. The number of ether oxygens (including phenoxy) is 3. The Hall–Kier alpha value is -3.74. The Labute approximate surface area is 161 Å². The van der Waals surface area contributed by atoms with E-state index in [1.807, 2.05) is 42.5 Å². The lowest BCUT2D eigenvalue weighted by molar-refractivity contribution is 0.324. The third-order valence-electron chi connectivity index (χ3n) is 4.52. The first kappa shape index (κ1) is 17.7. The molecule has 0 aliphatic heterocycles. The SMILES string of the molecule is COc1cc(-c2ccc3c(=O)n(-c4ccccc4)[nH]c3n2)cc(OC)c1OC. The Morgan fingerprint density at radius 1 is 0.893 bits per heavy atom. The standard InChI is InChI=1S/C21H19N3O4/c1-26-17-11-13(12-18(27-2)19(17)28-3)16-10-9-15-20(22-16)23-24(21(15)25)14-7-5-4-6-8-14/h4-12H,1-3H3,(H,22,23). The summed E-state index contributed by atoms with van der Waals surface area (Å²) in [6, 6.07) is 16.6. The highest BCUT2D eigenvalue weighted by atomic mass is 16.5. The van der Waals surface area contributed by atoms with Crippen LogP contribution in [0.25, 0.3) is 28.0 Å². The van der Waals surface area contributed by atoms with Crippen LogP contribution < -0.4 is 19.8 Å². The molecule has 0 saturated carbocycles. The van der Waals surface area contributed by atoms with Gasteiger partial charge in [0, 0.05) is 5.56 Å². The molecule has 0 aliphatic rings. The summed E-state index contributed by atoms with van der Waals surface area (Å²) in [6.07, 6.45) is 0. The molecule has 2 aromatic carbocycles. The fourth-order valence-corrected chi connectivity index (χ4v) is 3.14. The average Bonchev–Trinajstić information content (AvgIpc) is 3.09. The molecule has 28 heavy (non-hydrogen) atoms. The zero-order valence-corrected chi connectivity index (χ0v) is 15.7. The number of nitrogens with one attached hydrogen (secondary N) is 1. The summed E-state index contributed by atoms with van der Waals surface area (Å²) in [5, 5.41) is 3.59. The molecule has 0 radical (unpaired) electrons. The van der Waals surface area contributed by atoms with Crippen molar-refractivity contribution in [3.63, 3.8) is 0 Å². The lowest BCUT2D eigenvalue weighted by atomic mass is 10.1. The maximum atomic E-state index is 12.7. The van der Waals surface area contributed by atoms with Gasteiger partial charge >= 0.3 is 0 Å². The number of aromatic nitrogens is 3. The Morgan fingerprint density at radius 3 is 2.18 bits per heavy atom. The van der Waals surface area contributed by atoms with E-state index >= 15 is 0 Å². The van der Waals surface area contributed by atoms with Gasteiger partial charge in [-0.2, -0.15) is 0 Å². The van der Waals surface area contributed by atoms with E-state index in [1.165, 1.54) is 4.68 Å². The molecular formula is C21H19N3O4. The maximum absolute atomic E-state index is 12.7. The van der Waals surface area contributed by atoms with Gasteiger partial charge in [-0.1, -0.05) is 18.2 Å². The topological polar surface area (TPSA) is 78.4 Å². The van der Waals surface area contributed by atoms with Crippen molar-refractivity contribution in [2.45, 2.75) is 0 Å². The molecule has 0 unspecified atom stereocenters. The van der Waals surface area contributed by atoms with E-state index in [2.05, 4.69) is 10.1 Å². The van der Waals surface area contributed by atoms with Crippen LogP contribution in [0.4, 0.5) is 0 Å². The van der Waals surface area contributed by atoms with Crippen LogP contribution in [-0.2, 0) is 0 Å². The molecule has 7 nitrogen and oxygen atoms in total. The van der Waals surface area contributed by atoms with E-state index in [1.54, 1.807) is 33.5 Å². The molecule has 2 aromatic heterocycles. The van der Waals surface area contributed by atoms with Crippen molar-refractivity contribution in [1.82, 2.24) is 14.8 Å². The minimum atomic E-state index is -0.148. The summed E-state index contributed by atoms with van der Waals surface area (Å²) in [6.45, 7) is 0. The molecule has 2 heterocycles. The summed E-state index contributed by atoms with van der Waals surface area (Å²) >= 11 is 0. The van der Waals surface area contributed by atoms with E-state index in [4.69, 9.17) is 14.2 Å². The van der Waals surface area contributed by atoms with Crippen molar-refractivity contribution < 1.29 is 14.2 Å². The summed E-state index contributed by atoms with van der Waals surface area (Å²) in [5.74, 6) is 1.58. The lowest BCUT2D eigenvalue weighted by Crippen LogP contribution is -2.13. The molecule has 1 N–H and O–H groups in total. The van der Waals surface area contributed by atoms with Gasteiger partial charge in [0.05, 0.1) is 38.1 Å². The number of fused-ring (bicyclic) bond motifs is 1. The van der Waals surface area contributed by atoms with E-state index < -0.39 is 0 Å². The largest absolute Gasteiger partial charge is 0.493 e. The smallest absolute Gasteiger partial charge is 0.280 e. The monoisotopic (exact) mass is 377 g/mol. The first-order chi connectivity index (χ1) is 13.7. The predicted octanol–water partition coefficient (Wildman–Crippen LogP) is 3.41. The number of pyridine rings is 1. The lowest BCUT2D eigenvalue weighted by Gasteiger charge is -2.13. The van der Waals surface area contributed by atoms with Crippen molar-refractivity contribution in [3.05, 3.63) is 65.0 Å². The molecule has 0 spiro atoms. The van der Waals surface area contributed by atoms with E-state index in [9.17, 15) is 4.79 Å². The highest BCUT2D eigenvalue weighted by molar-refractivity contribution is 5.79. The van der Waals surface area contributed by atoms with E-state index in [0.29, 0.717) is 34.0 Å². The quantitative estimate of drug-likeness (QED) is 0.577. The van der Waals surface area contributed by atoms with Crippen LogP contribution in [0.1, 0.15) is 0 Å². The van der Waals surface area contributed by atoms with E-state index in [-0.39, 0.29) is 5.56 Å². The maximum Gasteiger partial charge on any atom is 0.280 e. The minimum absolute atomic E-state index is 0.148. The second-order valence-electron chi connectivity index (χ2n) is 6.09. The van der Waals surface area contributed by atoms with Gasteiger partial charge in [-0.15, -0.1) is 0 Å². The molecule has 7 heteroatoms. The van der Waals surface area contributed by atoms with Gasteiger partial charge < -0.3 is 14.2 Å². The molecule has 0 atom stereocenters. The number of methoxy groups -OCH3 is 3. The number of aromatic amines is 1. The highest BCUT2D eigenvalue weighted by Gasteiger charge is 2.16. The number of hydrogen-bond acceptors (Lipinski definition) is 5. The van der Waals surface area contributed by atoms with E-state index in [0.717, 1.165) is 11.3 Å². The number of nitrogens with zero attached hydrogens (tertiary/aromatic N) is 2. The Kier molecular flexibility index (Phi) is 4.49. The Bertz CT molecular complexity index is 1170. The van der Waals surface area contributed by atoms with Gasteiger partial charge in [-0.3, -0.25) is 9.89 Å². The highest BCUT2D eigenvalue weighted by Crippen LogP contribution is 2.40. The molecular weight excluding hydrogens is 358 g/mol. The minimum Gasteiger partial charge on any atom is -0.493 e. The van der Waals surface area contributed by atoms with Gasteiger partial charge in [0.1, 0.15) is 0 Å². The summed E-state index contributed by atoms with van der Waals surface area (Å²) in [5.41, 5.74) is 2.56. The van der Waals surface area contributed by atoms with Crippen molar-refractivity contribution >= 4 is 11.0 Å². The van der Waals surface area contributed by atoms with Gasteiger partial charge in [-0.05, 0) is 36.4 Å². The van der Waals surface area contributed by atoms with Crippen LogP contribution in [0.5, 0.6) is 17.2 Å². The zero-order chi connectivity index (χ0) is 19.7. The Morgan fingerprint density at radius 2 is 1.57 bits per heavy atom. The molecule has 4 rings (SSSR count). The Balaban J connectivity index is 1.86. The summed E-state index contributed by atoms with van der Waals surface area (Å²) < 4.78 is 17.7. The van der Waals surface area contributed by atoms with Crippen molar-refractivity contribution in [3.8, 4) is 34.2 Å². The normalized spacial score (nSPS) is 10.8. The van der Waals surface area contributed by atoms with Crippen molar-refractivity contribution in [1.29, 1.82) is 0 Å². The van der Waals surface area contributed by atoms with Crippen molar-refractivity contribution in [2.24, 2.45) is 0 Å². The van der Waals surface area contributed by atoms with Crippen LogP contribution in [0.2, 0.25) is 0 Å². The zero-order valence-electron chi connectivity index (χ0n) is 15.7. The second kappa shape index (κ2) is 7.11. The number of benzene rings is 2. The van der Waals surface area contributed by atoms with Crippen LogP contribution in [0.3, 0.4) is 0 Å². The predicted molar refractivity (Wildman–Crippen MR) is 107 cm³/mol. The molecule has 0 fully saturated rings. The number of hydrogen-bond donors (Lipinski definition) is 1. The van der Waals surface area contributed by atoms with Crippen LogP contribution >= 0.6 is 0 Å². The van der Waals surface area contributed by atoms with Gasteiger partial charge in [-0.25, -0.2) is 9.67 Å². The third-order valence-corrected chi connectivity index (χ3v) is 4.52. The summed E-state index contributed by atoms with van der Waals surface area (Å²) in [4.78, 5) is 17.3. The van der Waals surface area contributed by atoms with Crippen LogP contribution in [0.15, 0.2) is 59.4 Å². The molecule has 0 aliphatic carbocycles. The van der Waals surface area contributed by atoms with Gasteiger partial charge in [0.2, 0.25) is 5.75 Å².